The second-order valence-corrected chi connectivity index (χ2v) is 5.80. The van der Waals surface area contributed by atoms with Crippen LogP contribution in [0.2, 0.25) is 0 Å². The highest BCUT2D eigenvalue weighted by Crippen LogP contribution is 2.28. The second-order valence-electron chi connectivity index (χ2n) is 5.80. The van der Waals surface area contributed by atoms with Gasteiger partial charge >= 0.3 is 0 Å². The molecule has 0 radical (unpaired) electrons. The maximum Gasteiger partial charge on any atom is 0.240 e. The highest BCUT2D eigenvalue weighted by molar-refractivity contribution is 5.98. The minimum atomic E-state index is -0.334. The zero-order valence-electron chi connectivity index (χ0n) is 13.4. The molecule has 0 aliphatic carbocycles. The van der Waals surface area contributed by atoms with Gasteiger partial charge in [0.05, 0.1) is 12.3 Å². The molecule has 0 unspecified atom stereocenters. The van der Waals surface area contributed by atoms with E-state index in [2.05, 4.69) is 5.32 Å². The van der Waals surface area contributed by atoms with E-state index in [4.69, 9.17) is 4.74 Å². The third-order valence-corrected chi connectivity index (χ3v) is 2.65. The normalized spacial score (nSPS) is 10.9. The van der Waals surface area contributed by atoms with E-state index in [-0.39, 0.29) is 23.9 Å². The number of hydrogen-bond donors (Lipinski definition) is 1. The minimum Gasteiger partial charge on any atom is -0.492 e. The summed E-state index contributed by atoms with van der Waals surface area (Å²) in [5.41, 5.74) is 0.273. The van der Waals surface area contributed by atoms with Gasteiger partial charge in [-0.05, 0) is 39.8 Å². The van der Waals surface area contributed by atoms with Crippen molar-refractivity contribution < 1.29 is 14.3 Å². The molecule has 0 aromatic heterocycles. The van der Waals surface area contributed by atoms with Crippen molar-refractivity contribution in [3.63, 3.8) is 0 Å². The van der Waals surface area contributed by atoms with Crippen LogP contribution in [0.4, 0.5) is 5.69 Å². The molecule has 0 saturated heterocycles. The lowest BCUT2D eigenvalue weighted by Gasteiger charge is -2.26. The summed E-state index contributed by atoms with van der Waals surface area (Å²) in [5.74, 6) is 0.189. The molecule has 0 fully saturated rings. The molecule has 1 aromatic rings. The van der Waals surface area contributed by atoms with Crippen molar-refractivity contribution in [3.05, 3.63) is 24.3 Å². The third kappa shape index (κ3) is 5.45. The highest BCUT2D eigenvalue weighted by atomic mass is 16.5. The summed E-state index contributed by atoms with van der Waals surface area (Å²) in [5, 5.41) is 2.85. The van der Waals surface area contributed by atoms with Crippen molar-refractivity contribution >= 4 is 17.5 Å². The Bertz CT molecular complexity index is 506. The van der Waals surface area contributed by atoms with Crippen molar-refractivity contribution in [1.29, 1.82) is 0 Å². The van der Waals surface area contributed by atoms with Crippen LogP contribution >= 0.6 is 0 Å². The number of anilines is 1. The number of nitrogens with one attached hydrogen (secondary N) is 1. The Balaban J connectivity index is 2.98. The van der Waals surface area contributed by atoms with Gasteiger partial charge in [-0.3, -0.25) is 14.5 Å². The lowest BCUT2D eigenvalue weighted by Crippen LogP contribution is -2.47. The number of hydrogen-bond acceptors (Lipinski definition) is 3. The van der Waals surface area contributed by atoms with Crippen molar-refractivity contribution in [1.82, 2.24) is 5.32 Å². The molecule has 0 aliphatic heterocycles. The number of amides is 2. The van der Waals surface area contributed by atoms with Crippen LogP contribution in [0.5, 0.6) is 5.75 Å². The number of carbonyl (C=O) groups excluding carboxylic acids is 2. The lowest BCUT2D eigenvalue weighted by molar-refractivity contribution is -0.124. The predicted molar refractivity (Wildman–Crippen MR) is 83.5 cm³/mol. The summed E-state index contributed by atoms with van der Waals surface area (Å²) < 4.78 is 5.53. The largest absolute Gasteiger partial charge is 0.492 e. The second kappa shape index (κ2) is 7.11. The fraction of sp³-hybridized carbons (Fsp3) is 0.500. The molecule has 1 N–H and O–H groups in total. The van der Waals surface area contributed by atoms with Crippen molar-refractivity contribution in [3.8, 4) is 5.75 Å². The van der Waals surface area contributed by atoms with Crippen LogP contribution in [0.15, 0.2) is 24.3 Å². The van der Waals surface area contributed by atoms with E-state index in [0.29, 0.717) is 18.0 Å². The first-order chi connectivity index (χ1) is 9.74. The Hall–Kier alpha value is -2.04. The van der Waals surface area contributed by atoms with E-state index in [1.807, 2.05) is 39.8 Å². The number of para-hydroxylation sites is 2. The van der Waals surface area contributed by atoms with Gasteiger partial charge in [0.15, 0.2) is 0 Å². The Morgan fingerprint density at radius 3 is 2.38 bits per heavy atom. The fourth-order valence-electron chi connectivity index (χ4n) is 1.93. The van der Waals surface area contributed by atoms with E-state index in [1.165, 1.54) is 11.8 Å². The predicted octanol–water partition coefficient (Wildman–Crippen LogP) is 2.35. The van der Waals surface area contributed by atoms with Gasteiger partial charge in [0.25, 0.3) is 0 Å². The average Bonchev–Trinajstić information content (AvgIpc) is 2.35. The van der Waals surface area contributed by atoms with Crippen LogP contribution in [-0.4, -0.2) is 30.5 Å². The van der Waals surface area contributed by atoms with Gasteiger partial charge in [-0.2, -0.15) is 0 Å². The fourth-order valence-corrected chi connectivity index (χ4v) is 1.93. The van der Waals surface area contributed by atoms with Gasteiger partial charge in [-0.15, -0.1) is 0 Å². The minimum absolute atomic E-state index is 0.0311. The zero-order chi connectivity index (χ0) is 16.0. The number of benzene rings is 1. The summed E-state index contributed by atoms with van der Waals surface area (Å²) in [7, 11) is 0. The molecule has 1 aromatic carbocycles. The van der Waals surface area contributed by atoms with Crippen molar-refractivity contribution in [2.45, 2.75) is 40.2 Å². The lowest BCUT2D eigenvalue weighted by atomic mass is 10.1. The Labute approximate surface area is 126 Å². The number of carbonyl (C=O) groups is 2. The number of rotatable bonds is 5. The summed E-state index contributed by atoms with van der Waals surface area (Å²) in [6, 6.07) is 7.21. The Morgan fingerprint density at radius 1 is 1.24 bits per heavy atom. The van der Waals surface area contributed by atoms with E-state index in [1.54, 1.807) is 12.1 Å². The van der Waals surface area contributed by atoms with Crippen molar-refractivity contribution in [2.24, 2.45) is 0 Å². The molecule has 5 nitrogen and oxygen atoms in total. The number of ether oxygens (including phenoxy) is 1. The third-order valence-electron chi connectivity index (χ3n) is 2.65. The molecular weight excluding hydrogens is 268 g/mol. The molecule has 1 rings (SSSR count). The maximum absolute atomic E-state index is 12.1. The molecule has 21 heavy (non-hydrogen) atoms. The van der Waals surface area contributed by atoms with E-state index in [0.717, 1.165) is 0 Å². The SMILES string of the molecule is CCOc1ccccc1N(CC(=O)NC(C)(C)C)C(C)=O. The van der Waals surface area contributed by atoms with Crippen LogP contribution in [0.3, 0.4) is 0 Å². The van der Waals surface area contributed by atoms with E-state index >= 15 is 0 Å². The summed E-state index contributed by atoms with van der Waals surface area (Å²) >= 11 is 0. The quantitative estimate of drug-likeness (QED) is 0.906. The van der Waals surface area contributed by atoms with Gasteiger partial charge in [-0.25, -0.2) is 0 Å². The summed E-state index contributed by atoms with van der Waals surface area (Å²) in [4.78, 5) is 25.4. The first kappa shape index (κ1) is 17.0. The van der Waals surface area contributed by atoms with Crippen LogP contribution in [0.25, 0.3) is 0 Å². The van der Waals surface area contributed by atoms with E-state index < -0.39 is 0 Å². The molecule has 0 spiro atoms. The number of nitrogens with zero attached hydrogens (tertiary/aromatic N) is 1. The molecule has 116 valence electrons. The smallest absolute Gasteiger partial charge is 0.240 e. The van der Waals surface area contributed by atoms with Gasteiger partial charge in [0.1, 0.15) is 12.3 Å². The molecular formula is C16H24N2O3. The zero-order valence-corrected chi connectivity index (χ0v) is 13.4. The molecule has 2 amide bonds. The monoisotopic (exact) mass is 292 g/mol. The van der Waals surface area contributed by atoms with E-state index in [9.17, 15) is 9.59 Å². The molecule has 0 heterocycles. The van der Waals surface area contributed by atoms with Gasteiger partial charge < -0.3 is 10.1 Å². The maximum atomic E-state index is 12.1. The molecule has 0 atom stereocenters. The van der Waals surface area contributed by atoms with Crippen LogP contribution in [0.1, 0.15) is 34.6 Å². The molecule has 0 aliphatic rings. The topological polar surface area (TPSA) is 58.6 Å². The van der Waals surface area contributed by atoms with Gasteiger partial charge in [0, 0.05) is 12.5 Å². The Kier molecular flexibility index (Phi) is 5.76. The van der Waals surface area contributed by atoms with Gasteiger partial charge in [0.2, 0.25) is 11.8 Å². The van der Waals surface area contributed by atoms with Crippen LogP contribution < -0.4 is 15.0 Å². The molecule has 0 bridgehead atoms. The van der Waals surface area contributed by atoms with Crippen LogP contribution in [-0.2, 0) is 9.59 Å². The summed E-state index contributed by atoms with van der Waals surface area (Å²) in [6.07, 6.45) is 0. The first-order valence-corrected chi connectivity index (χ1v) is 7.05. The highest BCUT2D eigenvalue weighted by Gasteiger charge is 2.21. The standard InChI is InChI=1S/C16H24N2O3/c1-6-21-14-10-8-7-9-13(14)18(12(2)19)11-15(20)17-16(3,4)5/h7-10H,6,11H2,1-5H3,(H,17,20). The van der Waals surface area contributed by atoms with Crippen molar-refractivity contribution in [2.75, 3.05) is 18.1 Å². The summed E-state index contributed by atoms with van der Waals surface area (Å²) in [6.45, 7) is 9.48. The average molecular weight is 292 g/mol. The Morgan fingerprint density at radius 2 is 1.86 bits per heavy atom. The molecule has 5 heteroatoms. The first-order valence-electron chi connectivity index (χ1n) is 7.05. The molecule has 0 saturated carbocycles. The van der Waals surface area contributed by atoms with Crippen LogP contribution in [0, 0.1) is 0 Å². The van der Waals surface area contributed by atoms with Gasteiger partial charge in [-0.1, -0.05) is 12.1 Å².